The highest BCUT2D eigenvalue weighted by Crippen LogP contribution is 2.08. The van der Waals surface area contributed by atoms with Crippen LogP contribution < -0.4 is 5.32 Å². The fourth-order valence-electron chi connectivity index (χ4n) is 2.85. The van der Waals surface area contributed by atoms with Gasteiger partial charge in [-0.1, -0.05) is 12.1 Å². The van der Waals surface area contributed by atoms with Crippen molar-refractivity contribution < 1.29 is 14.3 Å². The Bertz CT molecular complexity index is 671. The molecular weight excluding hydrogens is 473 g/mol. The molecule has 1 fully saturated rings. The lowest BCUT2D eigenvalue weighted by Gasteiger charge is -2.35. The summed E-state index contributed by atoms with van der Waals surface area (Å²) in [4.78, 5) is 33.5. The molecule has 0 saturated carbocycles. The first-order valence-electron chi connectivity index (χ1n) is 9.14. The maximum atomic E-state index is 11.9. The fraction of sp³-hybridized carbons (Fsp3) is 0.526. The molecule has 1 aliphatic heterocycles. The molecule has 156 valence electrons. The number of rotatable bonds is 4. The van der Waals surface area contributed by atoms with Gasteiger partial charge < -0.3 is 24.8 Å². The van der Waals surface area contributed by atoms with Crippen LogP contribution in [0.1, 0.15) is 22.8 Å². The second-order valence-corrected chi connectivity index (χ2v) is 6.47. The molecule has 2 rings (SSSR count). The Balaban J connectivity index is 0.00000392. The lowest BCUT2D eigenvalue weighted by Crippen LogP contribution is -2.53. The predicted octanol–water partition coefficient (Wildman–Crippen LogP) is 1.86. The van der Waals surface area contributed by atoms with Crippen LogP contribution in [0.4, 0.5) is 4.79 Å². The number of carbonyl (C=O) groups excluding carboxylic acids is 2. The molecule has 0 radical (unpaired) electrons. The molecule has 0 unspecified atom stereocenters. The molecule has 1 saturated heterocycles. The average molecular weight is 503 g/mol. The van der Waals surface area contributed by atoms with E-state index in [1.165, 1.54) is 0 Å². The number of hydrogen-bond donors (Lipinski definition) is 1. The van der Waals surface area contributed by atoms with Crippen molar-refractivity contribution in [2.24, 2.45) is 4.99 Å². The van der Waals surface area contributed by atoms with E-state index in [0.29, 0.717) is 44.9 Å². The topological polar surface area (TPSA) is 77.5 Å². The Kier molecular flexibility index (Phi) is 10.0. The molecule has 0 aromatic heterocycles. The summed E-state index contributed by atoms with van der Waals surface area (Å²) in [5.74, 6) is 0.789. The minimum Gasteiger partial charge on any atom is -0.450 e. The summed E-state index contributed by atoms with van der Waals surface area (Å²) in [5, 5.41) is 3.34. The second kappa shape index (κ2) is 11.7. The van der Waals surface area contributed by atoms with Crippen LogP contribution in [0.15, 0.2) is 29.3 Å². The normalized spacial score (nSPS) is 14.2. The molecule has 1 aromatic rings. The van der Waals surface area contributed by atoms with Crippen LogP contribution in [0.3, 0.4) is 0 Å². The van der Waals surface area contributed by atoms with Gasteiger partial charge in [-0.2, -0.15) is 0 Å². The molecule has 1 heterocycles. The number of hydrogen-bond acceptors (Lipinski definition) is 4. The number of nitrogens with one attached hydrogen (secondary N) is 1. The average Bonchev–Trinajstić information content (AvgIpc) is 2.69. The van der Waals surface area contributed by atoms with Crippen LogP contribution in [0.5, 0.6) is 0 Å². The summed E-state index contributed by atoms with van der Waals surface area (Å²) in [5.41, 5.74) is 1.74. The van der Waals surface area contributed by atoms with Gasteiger partial charge in [0.2, 0.25) is 0 Å². The number of aliphatic imine (C=N–C) groups is 1. The molecule has 28 heavy (non-hydrogen) atoms. The van der Waals surface area contributed by atoms with E-state index in [0.717, 1.165) is 11.5 Å². The summed E-state index contributed by atoms with van der Waals surface area (Å²) in [6.45, 7) is 5.44. The number of ether oxygens (including phenoxy) is 1. The number of nitrogens with zero attached hydrogens (tertiary/aromatic N) is 4. The minimum absolute atomic E-state index is 0. The van der Waals surface area contributed by atoms with Crippen molar-refractivity contribution in [3.8, 4) is 0 Å². The van der Waals surface area contributed by atoms with Crippen LogP contribution in [-0.2, 0) is 11.3 Å². The zero-order valence-corrected chi connectivity index (χ0v) is 19.3. The van der Waals surface area contributed by atoms with E-state index in [1.807, 2.05) is 31.2 Å². The third-order valence-electron chi connectivity index (χ3n) is 4.37. The van der Waals surface area contributed by atoms with Crippen LogP contribution >= 0.6 is 24.0 Å². The van der Waals surface area contributed by atoms with Crippen LogP contribution in [0.2, 0.25) is 0 Å². The van der Waals surface area contributed by atoms with Gasteiger partial charge in [0.1, 0.15) is 0 Å². The zero-order chi connectivity index (χ0) is 19.8. The summed E-state index contributed by atoms with van der Waals surface area (Å²) in [6, 6.07) is 7.55. The van der Waals surface area contributed by atoms with E-state index in [9.17, 15) is 9.59 Å². The number of halogens is 1. The standard InChI is InChI=1S/C19H29N5O3.HI/c1-5-27-19(26)24-12-10-23(11-13-24)18(20-2)21-14-15-6-8-16(9-7-15)17(25)22(3)4;/h6-9H,5,10-14H2,1-4H3,(H,20,21);1H. The summed E-state index contributed by atoms with van der Waals surface area (Å²) in [7, 11) is 5.23. The van der Waals surface area contributed by atoms with Gasteiger partial charge in [0.15, 0.2) is 5.96 Å². The minimum atomic E-state index is -0.257. The van der Waals surface area contributed by atoms with Crippen molar-refractivity contribution in [1.82, 2.24) is 20.0 Å². The van der Waals surface area contributed by atoms with Crippen molar-refractivity contribution in [2.75, 3.05) is 53.9 Å². The van der Waals surface area contributed by atoms with Gasteiger partial charge in [0, 0.05) is 59.4 Å². The Hall–Kier alpha value is -2.04. The Morgan fingerprint density at radius 1 is 1.11 bits per heavy atom. The number of piperazine rings is 1. The number of amides is 2. The van der Waals surface area contributed by atoms with E-state index < -0.39 is 0 Å². The predicted molar refractivity (Wildman–Crippen MR) is 120 cm³/mol. The van der Waals surface area contributed by atoms with Crippen molar-refractivity contribution in [2.45, 2.75) is 13.5 Å². The highest BCUT2D eigenvalue weighted by atomic mass is 127. The summed E-state index contributed by atoms with van der Waals surface area (Å²) < 4.78 is 5.05. The maximum absolute atomic E-state index is 11.9. The molecule has 0 bridgehead atoms. The molecule has 0 spiro atoms. The summed E-state index contributed by atoms with van der Waals surface area (Å²) >= 11 is 0. The van der Waals surface area contributed by atoms with Crippen LogP contribution in [-0.4, -0.2) is 86.6 Å². The number of guanidine groups is 1. The zero-order valence-electron chi connectivity index (χ0n) is 17.0. The van der Waals surface area contributed by atoms with E-state index in [4.69, 9.17) is 4.74 Å². The molecule has 9 heteroatoms. The van der Waals surface area contributed by atoms with Gasteiger partial charge in [-0.15, -0.1) is 24.0 Å². The Labute approximate surface area is 183 Å². The van der Waals surface area contributed by atoms with Gasteiger partial charge in [0.25, 0.3) is 5.91 Å². The van der Waals surface area contributed by atoms with Crippen molar-refractivity contribution in [3.05, 3.63) is 35.4 Å². The largest absolute Gasteiger partial charge is 0.450 e. The molecule has 1 aromatic carbocycles. The van der Waals surface area contributed by atoms with Crippen LogP contribution in [0.25, 0.3) is 0 Å². The van der Waals surface area contributed by atoms with Crippen LogP contribution in [0, 0.1) is 0 Å². The molecule has 8 nitrogen and oxygen atoms in total. The highest BCUT2D eigenvalue weighted by Gasteiger charge is 2.23. The first-order valence-corrected chi connectivity index (χ1v) is 9.14. The van der Waals surface area contributed by atoms with E-state index in [1.54, 1.807) is 30.9 Å². The fourth-order valence-corrected chi connectivity index (χ4v) is 2.85. The monoisotopic (exact) mass is 503 g/mol. The lowest BCUT2D eigenvalue weighted by atomic mass is 10.1. The smallest absolute Gasteiger partial charge is 0.409 e. The molecular formula is C19H30IN5O3. The van der Waals surface area contributed by atoms with Gasteiger partial charge in [0.05, 0.1) is 6.61 Å². The van der Waals surface area contributed by atoms with Crippen molar-refractivity contribution in [3.63, 3.8) is 0 Å². The number of benzene rings is 1. The SMILES string of the molecule is CCOC(=O)N1CCN(C(=NC)NCc2ccc(C(=O)N(C)C)cc2)CC1.I. The first-order chi connectivity index (χ1) is 13.0. The summed E-state index contributed by atoms with van der Waals surface area (Å²) in [6.07, 6.45) is -0.257. The van der Waals surface area contributed by atoms with Gasteiger partial charge >= 0.3 is 6.09 Å². The molecule has 0 aliphatic carbocycles. The third-order valence-corrected chi connectivity index (χ3v) is 4.37. The van der Waals surface area contributed by atoms with Gasteiger partial charge in [-0.25, -0.2) is 4.79 Å². The lowest BCUT2D eigenvalue weighted by molar-refractivity contribution is 0.0827. The first kappa shape index (κ1) is 24.0. The molecule has 0 atom stereocenters. The molecule has 2 amide bonds. The van der Waals surface area contributed by atoms with E-state index in [2.05, 4.69) is 15.2 Å². The highest BCUT2D eigenvalue weighted by molar-refractivity contribution is 14.0. The Morgan fingerprint density at radius 2 is 1.68 bits per heavy atom. The van der Waals surface area contributed by atoms with Crippen molar-refractivity contribution >= 4 is 41.9 Å². The maximum Gasteiger partial charge on any atom is 0.409 e. The number of carbonyl (C=O) groups is 2. The third kappa shape index (κ3) is 6.54. The second-order valence-electron chi connectivity index (χ2n) is 6.47. The molecule has 1 aliphatic rings. The molecule has 1 N–H and O–H groups in total. The Morgan fingerprint density at radius 3 is 2.18 bits per heavy atom. The van der Waals surface area contributed by atoms with E-state index >= 15 is 0 Å². The van der Waals surface area contributed by atoms with Gasteiger partial charge in [-0.05, 0) is 24.6 Å². The van der Waals surface area contributed by atoms with E-state index in [-0.39, 0.29) is 36.0 Å². The van der Waals surface area contributed by atoms with Crippen molar-refractivity contribution in [1.29, 1.82) is 0 Å². The van der Waals surface area contributed by atoms with Gasteiger partial charge in [-0.3, -0.25) is 9.79 Å². The quantitative estimate of drug-likeness (QED) is 0.386.